The second-order valence-electron chi connectivity index (χ2n) is 6.14. The molecule has 0 aromatic heterocycles. The van der Waals surface area contributed by atoms with Gasteiger partial charge in [0.1, 0.15) is 0 Å². The van der Waals surface area contributed by atoms with Crippen molar-refractivity contribution in [3.8, 4) is 0 Å². The van der Waals surface area contributed by atoms with Crippen molar-refractivity contribution >= 4 is 0 Å². The summed E-state index contributed by atoms with van der Waals surface area (Å²) in [6.45, 7) is 10.9. The highest BCUT2D eigenvalue weighted by Crippen LogP contribution is 2.40. The van der Waals surface area contributed by atoms with Crippen LogP contribution in [-0.4, -0.2) is 24.5 Å². The molecule has 1 saturated heterocycles. The largest absolute Gasteiger partial charge is 0.304 e. The van der Waals surface area contributed by atoms with Gasteiger partial charge in [-0.3, -0.25) is 0 Å². The molecule has 0 saturated carbocycles. The monoisotopic (exact) mass is 211 g/mol. The Morgan fingerprint density at radius 1 is 1.33 bits per heavy atom. The molecule has 0 aromatic carbocycles. The molecule has 0 aliphatic carbocycles. The molecule has 0 aromatic rings. The summed E-state index contributed by atoms with van der Waals surface area (Å²) in [7, 11) is 2.26. The van der Waals surface area contributed by atoms with E-state index in [0.717, 1.165) is 12.0 Å². The first-order valence-electron chi connectivity index (χ1n) is 6.67. The molecule has 1 rings (SSSR count). The summed E-state index contributed by atoms with van der Waals surface area (Å²) in [5, 5.41) is 0. The summed E-state index contributed by atoms with van der Waals surface area (Å²) in [5.41, 5.74) is 0.561. The van der Waals surface area contributed by atoms with Gasteiger partial charge in [0.15, 0.2) is 0 Å². The summed E-state index contributed by atoms with van der Waals surface area (Å²) in [6, 6.07) is 0.782. The van der Waals surface area contributed by atoms with Crippen LogP contribution in [0.25, 0.3) is 0 Å². The number of nitrogens with zero attached hydrogens (tertiary/aromatic N) is 1. The normalized spacial score (nSPS) is 29.4. The van der Waals surface area contributed by atoms with E-state index in [1.807, 2.05) is 0 Å². The lowest BCUT2D eigenvalue weighted by molar-refractivity contribution is 0.0708. The first-order valence-corrected chi connectivity index (χ1v) is 6.67. The molecule has 15 heavy (non-hydrogen) atoms. The lowest BCUT2D eigenvalue weighted by Crippen LogP contribution is -2.42. The van der Waals surface area contributed by atoms with Crippen LogP contribution >= 0.6 is 0 Å². The molecule has 90 valence electrons. The van der Waals surface area contributed by atoms with Crippen molar-refractivity contribution in [2.45, 2.75) is 65.8 Å². The second kappa shape index (κ2) is 5.34. The van der Waals surface area contributed by atoms with Gasteiger partial charge in [0.2, 0.25) is 0 Å². The molecule has 1 heteroatoms. The Morgan fingerprint density at radius 3 is 2.53 bits per heavy atom. The predicted octanol–water partition coefficient (Wildman–Crippen LogP) is 3.93. The maximum absolute atomic E-state index is 2.51. The minimum atomic E-state index is 0.561. The van der Waals surface area contributed by atoms with Crippen LogP contribution in [0.3, 0.4) is 0 Å². The van der Waals surface area contributed by atoms with Gasteiger partial charge in [0.05, 0.1) is 0 Å². The number of unbranched alkanes of at least 4 members (excludes halogenated alkanes) is 1. The lowest BCUT2D eigenvalue weighted by Gasteiger charge is -2.43. The number of rotatable bonds is 4. The number of hydrogen-bond donors (Lipinski definition) is 0. The van der Waals surface area contributed by atoms with Crippen LogP contribution in [0.5, 0.6) is 0 Å². The fourth-order valence-corrected chi connectivity index (χ4v) is 2.84. The SMILES string of the molecule is CCCCC(C)(C)C1CCN(C)C(C)C1. The molecule has 2 unspecified atom stereocenters. The Morgan fingerprint density at radius 2 is 2.00 bits per heavy atom. The Kier molecular flexibility index (Phi) is 4.64. The molecule has 1 heterocycles. The van der Waals surface area contributed by atoms with Crippen molar-refractivity contribution in [1.29, 1.82) is 0 Å². The van der Waals surface area contributed by atoms with Gasteiger partial charge in [0.25, 0.3) is 0 Å². The van der Waals surface area contributed by atoms with Crippen molar-refractivity contribution in [1.82, 2.24) is 4.90 Å². The van der Waals surface area contributed by atoms with E-state index >= 15 is 0 Å². The minimum absolute atomic E-state index is 0.561. The van der Waals surface area contributed by atoms with E-state index < -0.39 is 0 Å². The van der Waals surface area contributed by atoms with E-state index in [9.17, 15) is 0 Å². The predicted molar refractivity (Wildman–Crippen MR) is 68.1 cm³/mol. The molecule has 0 amide bonds. The van der Waals surface area contributed by atoms with Crippen molar-refractivity contribution < 1.29 is 0 Å². The van der Waals surface area contributed by atoms with Gasteiger partial charge in [-0.15, -0.1) is 0 Å². The zero-order valence-corrected chi connectivity index (χ0v) is 11.3. The van der Waals surface area contributed by atoms with Crippen LogP contribution in [0, 0.1) is 11.3 Å². The number of piperidine rings is 1. The minimum Gasteiger partial charge on any atom is -0.304 e. The van der Waals surface area contributed by atoms with Crippen molar-refractivity contribution in [2.75, 3.05) is 13.6 Å². The summed E-state index contributed by atoms with van der Waals surface area (Å²) < 4.78 is 0. The molecule has 1 aliphatic rings. The van der Waals surface area contributed by atoms with Gasteiger partial charge in [0, 0.05) is 6.04 Å². The smallest absolute Gasteiger partial charge is 0.00667 e. The van der Waals surface area contributed by atoms with Crippen LogP contribution in [0.15, 0.2) is 0 Å². The fourth-order valence-electron chi connectivity index (χ4n) is 2.84. The zero-order valence-electron chi connectivity index (χ0n) is 11.3. The molecular formula is C14H29N. The molecule has 0 radical (unpaired) electrons. The average molecular weight is 211 g/mol. The number of likely N-dealkylation sites (tertiary alicyclic amines) is 1. The topological polar surface area (TPSA) is 3.24 Å². The highest BCUT2D eigenvalue weighted by Gasteiger charge is 2.33. The van der Waals surface area contributed by atoms with Crippen molar-refractivity contribution in [3.05, 3.63) is 0 Å². The Balaban J connectivity index is 2.48. The fraction of sp³-hybridized carbons (Fsp3) is 1.00. The summed E-state index contributed by atoms with van der Waals surface area (Å²) in [4.78, 5) is 2.51. The van der Waals surface area contributed by atoms with Crippen LogP contribution in [0.4, 0.5) is 0 Å². The third-order valence-electron chi connectivity index (χ3n) is 4.49. The lowest BCUT2D eigenvalue weighted by atomic mass is 9.69. The molecule has 0 bridgehead atoms. The van der Waals surface area contributed by atoms with E-state index in [2.05, 4.69) is 39.6 Å². The van der Waals surface area contributed by atoms with Gasteiger partial charge in [-0.2, -0.15) is 0 Å². The Labute approximate surface area is 96.2 Å². The number of hydrogen-bond acceptors (Lipinski definition) is 1. The molecular weight excluding hydrogens is 182 g/mol. The van der Waals surface area contributed by atoms with E-state index in [0.29, 0.717) is 5.41 Å². The first kappa shape index (κ1) is 13.0. The Bertz CT molecular complexity index is 186. The molecule has 0 spiro atoms. The van der Waals surface area contributed by atoms with Gasteiger partial charge < -0.3 is 4.90 Å². The van der Waals surface area contributed by atoms with E-state index in [4.69, 9.17) is 0 Å². The van der Waals surface area contributed by atoms with E-state index in [-0.39, 0.29) is 0 Å². The summed E-state index contributed by atoms with van der Waals surface area (Å²) >= 11 is 0. The average Bonchev–Trinajstić information content (AvgIpc) is 2.19. The van der Waals surface area contributed by atoms with Gasteiger partial charge in [-0.25, -0.2) is 0 Å². The molecule has 1 fully saturated rings. The maximum Gasteiger partial charge on any atom is 0.00667 e. The van der Waals surface area contributed by atoms with Gasteiger partial charge in [-0.05, 0) is 51.1 Å². The van der Waals surface area contributed by atoms with E-state index in [1.165, 1.54) is 38.6 Å². The molecule has 1 nitrogen and oxygen atoms in total. The van der Waals surface area contributed by atoms with Crippen molar-refractivity contribution in [2.24, 2.45) is 11.3 Å². The maximum atomic E-state index is 2.51. The van der Waals surface area contributed by atoms with Crippen LogP contribution < -0.4 is 0 Å². The van der Waals surface area contributed by atoms with Gasteiger partial charge in [-0.1, -0.05) is 33.6 Å². The van der Waals surface area contributed by atoms with Crippen LogP contribution in [0.2, 0.25) is 0 Å². The zero-order chi connectivity index (χ0) is 11.5. The molecule has 2 atom stereocenters. The summed E-state index contributed by atoms with van der Waals surface area (Å²) in [5.74, 6) is 0.940. The third-order valence-corrected chi connectivity index (χ3v) is 4.49. The third kappa shape index (κ3) is 3.48. The van der Waals surface area contributed by atoms with Gasteiger partial charge >= 0.3 is 0 Å². The van der Waals surface area contributed by atoms with Crippen LogP contribution in [0.1, 0.15) is 59.8 Å². The second-order valence-corrected chi connectivity index (χ2v) is 6.14. The quantitative estimate of drug-likeness (QED) is 0.681. The molecule has 0 N–H and O–H groups in total. The van der Waals surface area contributed by atoms with Crippen molar-refractivity contribution in [3.63, 3.8) is 0 Å². The summed E-state index contributed by atoms with van der Waals surface area (Å²) in [6.07, 6.45) is 6.94. The standard InChI is InChI=1S/C14H29N/c1-6-7-9-14(3,4)13-8-10-15(5)12(2)11-13/h12-13H,6-11H2,1-5H3. The Hall–Kier alpha value is -0.0400. The van der Waals surface area contributed by atoms with Crippen LogP contribution in [-0.2, 0) is 0 Å². The first-order chi connectivity index (χ1) is 6.97. The molecule has 1 aliphatic heterocycles. The highest BCUT2D eigenvalue weighted by atomic mass is 15.1. The highest BCUT2D eigenvalue weighted by molar-refractivity contribution is 4.86. The van der Waals surface area contributed by atoms with E-state index in [1.54, 1.807) is 0 Å².